The van der Waals surface area contributed by atoms with Crippen molar-refractivity contribution in [3.05, 3.63) is 30.5 Å². The van der Waals surface area contributed by atoms with Crippen LogP contribution in [0.5, 0.6) is 11.5 Å². The lowest BCUT2D eigenvalue weighted by molar-refractivity contribution is 0.262. The molecule has 0 bridgehead atoms. The van der Waals surface area contributed by atoms with E-state index in [9.17, 15) is 4.79 Å². The number of amides is 2. The summed E-state index contributed by atoms with van der Waals surface area (Å²) >= 11 is 0. The molecule has 118 valence electrons. The second-order valence-electron chi connectivity index (χ2n) is 4.45. The van der Waals surface area contributed by atoms with Crippen molar-refractivity contribution in [2.24, 2.45) is 7.05 Å². The predicted octanol–water partition coefficient (Wildman–Crippen LogP) is 2.86. The number of aryl methyl sites for hydroxylation is 1. The molecule has 0 radical (unpaired) electrons. The summed E-state index contributed by atoms with van der Waals surface area (Å²) in [7, 11) is 1.75. The van der Waals surface area contributed by atoms with Gasteiger partial charge in [-0.25, -0.2) is 4.79 Å². The van der Waals surface area contributed by atoms with Crippen molar-refractivity contribution in [3.63, 3.8) is 0 Å². The average molecular weight is 304 g/mol. The van der Waals surface area contributed by atoms with Gasteiger partial charge in [0.2, 0.25) is 0 Å². The number of hydrogen-bond acceptors (Lipinski definition) is 4. The number of carbonyl (C=O) groups is 1. The highest BCUT2D eigenvalue weighted by molar-refractivity contribution is 5.99. The van der Waals surface area contributed by atoms with Crippen LogP contribution >= 0.6 is 0 Å². The van der Waals surface area contributed by atoms with E-state index in [1.807, 2.05) is 13.8 Å². The number of hydrogen-bond donors (Lipinski definition) is 2. The van der Waals surface area contributed by atoms with Crippen LogP contribution in [0.4, 0.5) is 16.3 Å². The van der Waals surface area contributed by atoms with E-state index in [1.54, 1.807) is 42.2 Å². The molecule has 0 aliphatic rings. The molecule has 0 aliphatic carbocycles. The molecule has 0 saturated carbocycles. The maximum absolute atomic E-state index is 12.0. The Morgan fingerprint density at radius 2 is 1.86 bits per heavy atom. The standard InChI is InChI=1S/C15H20N4O3/c1-4-21-12-7-6-11(10-13(12)22-5-2)17-15(20)18-14-8-9-16-19(14)3/h6-10H,4-5H2,1-3H3,(H2,17,18,20). The zero-order valence-electron chi connectivity index (χ0n) is 12.9. The number of ether oxygens (including phenoxy) is 2. The van der Waals surface area contributed by atoms with Gasteiger partial charge in [-0.05, 0) is 26.0 Å². The summed E-state index contributed by atoms with van der Waals surface area (Å²) in [6.07, 6.45) is 1.61. The van der Waals surface area contributed by atoms with Crippen molar-refractivity contribution < 1.29 is 14.3 Å². The minimum absolute atomic E-state index is 0.352. The van der Waals surface area contributed by atoms with Crippen LogP contribution in [0.25, 0.3) is 0 Å². The third-order valence-corrected chi connectivity index (χ3v) is 2.86. The molecule has 0 fully saturated rings. The molecule has 2 N–H and O–H groups in total. The molecule has 7 nitrogen and oxygen atoms in total. The van der Waals surface area contributed by atoms with Crippen LogP contribution in [0.2, 0.25) is 0 Å². The molecule has 1 heterocycles. The number of carbonyl (C=O) groups excluding carboxylic acids is 1. The zero-order valence-corrected chi connectivity index (χ0v) is 12.9. The first-order valence-electron chi connectivity index (χ1n) is 7.09. The lowest BCUT2D eigenvalue weighted by Gasteiger charge is -2.13. The SMILES string of the molecule is CCOc1ccc(NC(=O)Nc2ccnn2C)cc1OCC. The van der Waals surface area contributed by atoms with E-state index >= 15 is 0 Å². The van der Waals surface area contributed by atoms with Crippen LogP contribution in [0.15, 0.2) is 30.5 Å². The van der Waals surface area contributed by atoms with Gasteiger partial charge in [0.25, 0.3) is 0 Å². The Bertz CT molecular complexity index is 639. The molecule has 0 spiro atoms. The number of urea groups is 1. The molecule has 0 aliphatic heterocycles. The molecule has 1 aromatic carbocycles. The Morgan fingerprint density at radius 1 is 1.14 bits per heavy atom. The third kappa shape index (κ3) is 3.91. The summed E-state index contributed by atoms with van der Waals surface area (Å²) < 4.78 is 12.6. The third-order valence-electron chi connectivity index (χ3n) is 2.86. The number of anilines is 2. The second-order valence-corrected chi connectivity index (χ2v) is 4.45. The Kier molecular flexibility index (Phi) is 5.24. The van der Waals surface area contributed by atoms with Crippen molar-refractivity contribution in [3.8, 4) is 11.5 Å². The first-order valence-corrected chi connectivity index (χ1v) is 7.09. The van der Waals surface area contributed by atoms with Crippen LogP contribution in [0.3, 0.4) is 0 Å². The van der Waals surface area contributed by atoms with E-state index < -0.39 is 0 Å². The van der Waals surface area contributed by atoms with Gasteiger partial charge in [0, 0.05) is 24.9 Å². The lowest BCUT2D eigenvalue weighted by Crippen LogP contribution is -2.21. The largest absolute Gasteiger partial charge is 0.490 e. The van der Waals surface area contributed by atoms with Gasteiger partial charge >= 0.3 is 6.03 Å². The Labute approximate surface area is 129 Å². The Morgan fingerprint density at radius 3 is 2.50 bits per heavy atom. The Balaban J connectivity index is 2.07. The van der Waals surface area contributed by atoms with E-state index in [0.29, 0.717) is 36.2 Å². The predicted molar refractivity (Wildman–Crippen MR) is 84.6 cm³/mol. The second kappa shape index (κ2) is 7.35. The minimum atomic E-state index is -0.352. The van der Waals surface area contributed by atoms with Crippen LogP contribution < -0.4 is 20.1 Å². The van der Waals surface area contributed by atoms with E-state index in [0.717, 1.165) is 0 Å². The highest BCUT2D eigenvalue weighted by atomic mass is 16.5. The van der Waals surface area contributed by atoms with E-state index in [-0.39, 0.29) is 6.03 Å². The summed E-state index contributed by atoms with van der Waals surface area (Å²) in [5.41, 5.74) is 0.617. The summed E-state index contributed by atoms with van der Waals surface area (Å²) in [4.78, 5) is 12.0. The molecule has 0 saturated heterocycles. The normalized spacial score (nSPS) is 10.1. The lowest BCUT2D eigenvalue weighted by atomic mass is 10.2. The average Bonchev–Trinajstić information content (AvgIpc) is 2.87. The van der Waals surface area contributed by atoms with Crippen molar-refractivity contribution in [1.82, 2.24) is 9.78 Å². The van der Waals surface area contributed by atoms with Crippen LogP contribution in [0, 0.1) is 0 Å². The summed E-state index contributed by atoms with van der Waals surface area (Å²) in [5.74, 6) is 1.86. The molecule has 0 atom stereocenters. The zero-order chi connectivity index (χ0) is 15.9. The first kappa shape index (κ1) is 15.7. The molecule has 22 heavy (non-hydrogen) atoms. The first-order chi connectivity index (χ1) is 10.6. The van der Waals surface area contributed by atoms with Gasteiger partial charge in [-0.15, -0.1) is 0 Å². The molecular weight excluding hydrogens is 284 g/mol. The van der Waals surface area contributed by atoms with Crippen molar-refractivity contribution in [2.75, 3.05) is 23.8 Å². The van der Waals surface area contributed by atoms with Gasteiger partial charge < -0.3 is 14.8 Å². The van der Waals surface area contributed by atoms with Gasteiger partial charge in [0.1, 0.15) is 5.82 Å². The van der Waals surface area contributed by atoms with E-state index in [2.05, 4.69) is 15.7 Å². The molecule has 0 unspecified atom stereocenters. The summed E-state index contributed by atoms with van der Waals surface area (Å²) in [6.45, 7) is 4.87. The molecule has 2 amide bonds. The Hall–Kier alpha value is -2.70. The number of aromatic nitrogens is 2. The summed E-state index contributed by atoms with van der Waals surface area (Å²) in [6, 6.07) is 6.63. The monoisotopic (exact) mass is 304 g/mol. The molecule has 7 heteroatoms. The fourth-order valence-electron chi connectivity index (χ4n) is 1.90. The highest BCUT2D eigenvalue weighted by Gasteiger charge is 2.09. The number of nitrogens with zero attached hydrogens (tertiary/aromatic N) is 2. The number of rotatable bonds is 6. The van der Waals surface area contributed by atoms with Gasteiger partial charge in [-0.3, -0.25) is 10.00 Å². The fraction of sp³-hybridized carbons (Fsp3) is 0.333. The fourth-order valence-corrected chi connectivity index (χ4v) is 1.90. The van der Waals surface area contributed by atoms with Crippen molar-refractivity contribution in [2.45, 2.75) is 13.8 Å². The maximum atomic E-state index is 12.0. The van der Waals surface area contributed by atoms with Gasteiger partial charge in [0.05, 0.1) is 19.4 Å². The van der Waals surface area contributed by atoms with E-state index in [1.165, 1.54) is 0 Å². The smallest absolute Gasteiger partial charge is 0.324 e. The quantitative estimate of drug-likeness (QED) is 0.860. The van der Waals surface area contributed by atoms with Crippen molar-refractivity contribution >= 4 is 17.5 Å². The number of benzene rings is 1. The molecule has 1 aromatic heterocycles. The maximum Gasteiger partial charge on any atom is 0.324 e. The van der Waals surface area contributed by atoms with Crippen LogP contribution in [-0.4, -0.2) is 29.0 Å². The molecule has 2 rings (SSSR count). The van der Waals surface area contributed by atoms with Gasteiger partial charge in [-0.1, -0.05) is 0 Å². The van der Waals surface area contributed by atoms with Crippen molar-refractivity contribution in [1.29, 1.82) is 0 Å². The van der Waals surface area contributed by atoms with E-state index in [4.69, 9.17) is 9.47 Å². The van der Waals surface area contributed by atoms with Gasteiger partial charge in [-0.2, -0.15) is 5.10 Å². The molecular formula is C15H20N4O3. The topological polar surface area (TPSA) is 77.4 Å². The van der Waals surface area contributed by atoms with Crippen LogP contribution in [0.1, 0.15) is 13.8 Å². The van der Waals surface area contributed by atoms with Crippen LogP contribution in [-0.2, 0) is 7.05 Å². The minimum Gasteiger partial charge on any atom is -0.490 e. The number of nitrogens with one attached hydrogen (secondary N) is 2. The highest BCUT2D eigenvalue weighted by Crippen LogP contribution is 2.30. The summed E-state index contributed by atoms with van der Waals surface area (Å²) in [5, 5.41) is 9.44. The van der Waals surface area contributed by atoms with Gasteiger partial charge in [0.15, 0.2) is 11.5 Å². The molecule has 2 aromatic rings.